The van der Waals surface area contributed by atoms with E-state index in [9.17, 15) is 14.4 Å². The summed E-state index contributed by atoms with van der Waals surface area (Å²) in [6.07, 6.45) is 5.57. The van der Waals surface area contributed by atoms with Crippen molar-refractivity contribution in [2.45, 2.75) is 19.4 Å². The number of hydrazone groups is 1. The molecule has 5 atom stereocenters. The highest BCUT2D eigenvalue weighted by Crippen LogP contribution is 2.52. The standard InChI is InChI=1S/C21H21BrN2O6/c1-10(21(27)29-3)30-18-14(22)6-11(7-15(18)28-2)9-23-24-19(25)16-12-4-5-13(8-12)17(16)20(24)26/h4-7,9-10,12-13,16-17H,8H2,1-3H3/t10-,12+,13+,16-,17+/m1/s1. The molecule has 0 N–H and O–H groups in total. The van der Waals surface area contributed by atoms with E-state index in [1.54, 1.807) is 19.1 Å². The number of carbonyl (C=O) groups is 3. The number of esters is 1. The van der Waals surface area contributed by atoms with E-state index in [0.717, 1.165) is 11.4 Å². The molecule has 158 valence electrons. The molecule has 1 heterocycles. The van der Waals surface area contributed by atoms with E-state index in [-0.39, 0.29) is 35.5 Å². The number of benzene rings is 1. The predicted octanol–water partition coefficient (Wildman–Crippen LogP) is 2.54. The molecule has 3 aliphatic rings. The predicted molar refractivity (Wildman–Crippen MR) is 110 cm³/mol. The third-order valence-electron chi connectivity index (χ3n) is 5.85. The topological polar surface area (TPSA) is 94.5 Å². The van der Waals surface area contributed by atoms with Gasteiger partial charge in [-0.05, 0) is 58.8 Å². The summed E-state index contributed by atoms with van der Waals surface area (Å²) in [6, 6.07) is 3.34. The Bertz CT molecular complexity index is 944. The summed E-state index contributed by atoms with van der Waals surface area (Å²) >= 11 is 3.40. The zero-order valence-electron chi connectivity index (χ0n) is 16.7. The Kier molecular flexibility index (Phi) is 5.40. The molecule has 2 fully saturated rings. The Labute approximate surface area is 182 Å². The zero-order chi connectivity index (χ0) is 21.6. The van der Waals surface area contributed by atoms with Crippen molar-refractivity contribution in [3.8, 4) is 11.5 Å². The number of methoxy groups -OCH3 is 2. The van der Waals surface area contributed by atoms with Gasteiger partial charge >= 0.3 is 5.97 Å². The molecule has 30 heavy (non-hydrogen) atoms. The smallest absolute Gasteiger partial charge is 0.346 e. The number of carbonyl (C=O) groups excluding carboxylic acids is 3. The fraction of sp³-hybridized carbons (Fsp3) is 0.429. The largest absolute Gasteiger partial charge is 0.493 e. The van der Waals surface area contributed by atoms with Crippen LogP contribution in [-0.2, 0) is 19.1 Å². The van der Waals surface area contributed by atoms with Crippen molar-refractivity contribution in [2.75, 3.05) is 14.2 Å². The van der Waals surface area contributed by atoms with Crippen LogP contribution in [0, 0.1) is 23.7 Å². The van der Waals surface area contributed by atoms with E-state index in [1.807, 2.05) is 12.2 Å². The fourth-order valence-corrected chi connectivity index (χ4v) is 5.00. The van der Waals surface area contributed by atoms with Crippen LogP contribution in [0.3, 0.4) is 0 Å². The van der Waals surface area contributed by atoms with Gasteiger partial charge in [-0.2, -0.15) is 10.1 Å². The fourth-order valence-electron chi connectivity index (χ4n) is 4.44. The Hall–Kier alpha value is -2.68. The highest BCUT2D eigenvalue weighted by atomic mass is 79.9. The van der Waals surface area contributed by atoms with Gasteiger partial charge in [-0.25, -0.2) is 4.79 Å². The van der Waals surface area contributed by atoms with Crippen molar-refractivity contribution in [2.24, 2.45) is 28.8 Å². The lowest BCUT2D eigenvalue weighted by Gasteiger charge is -2.17. The maximum absolute atomic E-state index is 12.7. The van der Waals surface area contributed by atoms with Gasteiger partial charge in [-0.15, -0.1) is 0 Å². The minimum Gasteiger partial charge on any atom is -0.493 e. The molecule has 2 amide bonds. The summed E-state index contributed by atoms with van der Waals surface area (Å²) in [6.45, 7) is 1.57. The monoisotopic (exact) mass is 476 g/mol. The third-order valence-corrected chi connectivity index (χ3v) is 6.44. The molecule has 2 bridgehead atoms. The molecule has 1 saturated heterocycles. The van der Waals surface area contributed by atoms with Gasteiger partial charge in [0.1, 0.15) is 0 Å². The number of hydrogen-bond acceptors (Lipinski definition) is 7. The summed E-state index contributed by atoms with van der Waals surface area (Å²) in [4.78, 5) is 37.1. The summed E-state index contributed by atoms with van der Waals surface area (Å²) in [5.41, 5.74) is 0.593. The van der Waals surface area contributed by atoms with Crippen LogP contribution in [0.2, 0.25) is 0 Å². The second kappa shape index (κ2) is 7.86. The van der Waals surface area contributed by atoms with E-state index in [2.05, 4.69) is 25.8 Å². The Balaban J connectivity index is 1.54. The van der Waals surface area contributed by atoms with Crippen LogP contribution in [0.1, 0.15) is 18.9 Å². The zero-order valence-corrected chi connectivity index (χ0v) is 18.3. The highest BCUT2D eigenvalue weighted by molar-refractivity contribution is 9.10. The average molecular weight is 477 g/mol. The van der Waals surface area contributed by atoms with Crippen LogP contribution in [-0.4, -0.2) is 49.3 Å². The van der Waals surface area contributed by atoms with Gasteiger partial charge in [0.25, 0.3) is 11.8 Å². The molecule has 2 aliphatic carbocycles. The molecule has 0 spiro atoms. The van der Waals surface area contributed by atoms with Crippen LogP contribution in [0.25, 0.3) is 0 Å². The first-order valence-corrected chi connectivity index (χ1v) is 10.4. The molecule has 1 saturated carbocycles. The number of amides is 2. The van der Waals surface area contributed by atoms with Gasteiger partial charge in [0.15, 0.2) is 17.6 Å². The highest BCUT2D eigenvalue weighted by Gasteiger charge is 2.59. The lowest BCUT2D eigenvalue weighted by atomic mass is 9.85. The summed E-state index contributed by atoms with van der Waals surface area (Å²) in [5, 5.41) is 5.17. The molecule has 4 rings (SSSR count). The molecule has 0 radical (unpaired) electrons. The SMILES string of the molecule is COC(=O)[C@@H](C)Oc1c(Br)cc(C=NN2C(=O)[C@@H]3[C@H](C2=O)[C@H]2C=C[C@H]3C2)cc1OC. The number of hydrogen-bond donors (Lipinski definition) is 0. The molecular formula is C21H21BrN2O6. The van der Waals surface area contributed by atoms with Gasteiger partial charge in [0, 0.05) is 0 Å². The van der Waals surface area contributed by atoms with Gasteiger partial charge in [-0.1, -0.05) is 12.2 Å². The Morgan fingerprint density at radius 3 is 2.40 bits per heavy atom. The third kappa shape index (κ3) is 3.30. The summed E-state index contributed by atoms with van der Waals surface area (Å²) < 4.78 is 16.2. The summed E-state index contributed by atoms with van der Waals surface area (Å²) in [5.74, 6) is -0.610. The minimum absolute atomic E-state index is 0.138. The molecule has 1 aromatic rings. The maximum atomic E-state index is 12.7. The van der Waals surface area contributed by atoms with E-state index in [4.69, 9.17) is 9.47 Å². The van der Waals surface area contributed by atoms with Crippen molar-refractivity contribution >= 4 is 39.9 Å². The second-order valence-electron chi connectivity index (χ2n) is 7.55. The van der Waals surface area contributed by atoms with Crippen molar-refractivity contribution in [1.29, 1.82) is 0 Å². The van der Waals surface area contributed by atoms with Crippen LogP contribution in [0.5, 0.6) is 11.5 Å². The van der Waals surface area contributed by atoms with Gasteiger partial charge in [0.2, 0.25) is 0 Å². The number of ether oxygens (including phenoxy) is 3. The van der Waals surface area contributed by atoms with Gasteiger partial charge < -0.3 is 14.2 Å². The van der Waals surface area contributed by atoms with Crippen molar-refractivity contribution in [3.05, 3.63) is 34.3 Å². The number of nitrogens with zero attached hydrogens (tertiary/aromatic N) is 2. The molecule has 1 aromatic carbocycles. The summed E-state index contributed by atoms with van der Waals surface area (Å²) in [7, 11) is 2.75. The number of allylic oxidation sites excluding steroid dienone is 2. The van der Waals surface area contributed by atoms with Gasteiger partial charge in [-0.3, -0.25) is 9.59 Å². The first kappa shape index (κ1) is 20.6. The van der Waals surface area contributed by atoms with Crippen molar-refractivity contribution < 1.29 is 28.6 Å². The van der Waals surface area contributed by atoms with E-state index < -0.39 is 12.1 Å². The quantitative estimate of drug-likeness (QED) is 0.271. The number of fused-ring (bicyclic) bond motifs is 5. The molecule has 0 aromatic heterocycles. The molecule has 9 heteroatoms. The lowest BCUT2D eigenvalue weighted by Crippen LogP contribution is -2.28. The molecular weight excluding hydrogens is 456 g/mol. The Morgan fingerprint density at radius 1 is 1.20 bits per heavy atom. The maximum Gasteiger partial charge on any atom is 0.346 e. The average Bonchev–Trinajstić information content (AvgIpc) is 3.41. The number of imide groups is 1. The van der Waals surface area contributed by atoms with Crippen LogP contribution < -0.4 is 9.47 Å². The first-order chi connectivity index (χ1) is 14.3. The van der Waals surface area contributed by atoms with Crippen LogP contribution in [0.4, 0.5) is 0 Å². The lowest BCUT2D eigenvalue weighted by molar-refractivity contribution is -0.148. The van der Waals surface area contributed by atoms with Crippen molar-refractivity contribution in [3.63, 3.8) is 0 Å². The van der Waals surface area contributed by atoms with Crippen LogP contribution in [0.15, 0.2) is 33.9 Å². The second-order valence-corrected chi connectivity index (χ2v) is 8.40. The molecule has 1 aliphatic heterocycles. The van der Waals surface area contributed by atoms with Crippen LogP contribution >= 0.6 is 15.9 Å². The van der Waals surface area contributed by atoms with E-state index in [0.29, 0.717) is 21.5 Å². The number of rotatable bonds is 6. The molecule has 0 unspecified atom stereocenters. The van der Waals surface area contributed by atoms with E-state index in [1.165, 1.54) is 20.4 Å². The van der Waals surface area contributed by atoms with E-state index >= 15 is 0 Å². The normalized spacial score (nSPS) is 27.7. The van der Waals surface area contributed by atoms with Gasteiger partial charge in [0.05, 0.1) is 36.7 Å². The molecule has 8 nitrogen and oxygen atoms in total. The van der Waals surface area contributed by atoms with Crippen molar-refractivity contribution in [1.82, 2.24) is 5.01 Å². The first-order valence-electron chi connectivity index (χ1n) is 9.57. The Morgan fingerprint density at radius 2 is 1.83 bits per heavy atom. The number of halogens is 1. The minimum atomic E-state index is -0.831.